The molecule has 2 N–H and O–H groups in total. The number of sulfonamides is 1. The number of likely N-dealkylation sites (N-methyl/N-ethyl adjacent to an activating group) is 1. The number of primary sulfonamides is 1. The molecular formula is C19H21ClN2O3S. The Morgan fingerprint density at radius 1 is 1.19 bits per heavy atom. The van der Waals surface area contributed by atoms with Gasteiger partial charge in [0.2, 0.25) is 15.9 Å². The lowest BCUT2D eigenvalue weighted by molar-refractivity contribution is -0.126. The molecule has 0 spiro atoms. The quantitative estimate of drug-likeness (QED) is 0.790. The van der Waals surface area contributed by atoms with E-state index in [1.165, 1.54) is 18.2 Å². The van der Waals surface area contributed by atoms with Crippen molar-refractivity contribution in [3.05, 3.63) is 70.3 Å². The highest BCUT2D eigenvalue weighted by atomic mass is 35.5. The van der Waals surface area contributed by atoms with Gasteiger partial charge in [-0.2, -0.15) is 0 Å². The molecule has 0 saturated carbocycles. The average Bonchev–Trinajstić information content (AvgIpc) is 2.60. The lowest BCUT2D eigenvalue weighted by atomic mass is 10.1. The predicted octanol–water partition coefficient (Wildman–Crippen LogP) is 3.53. The standard InChI is InChI=1S/C19H21ClN2O3S/c1-13-4-5-15(12-18(13)20)6-11-19(23)22(3)14(2)16-7-9-17(10-8-16)26(21,24)25/h4-12,14H,1-3H3,(H2,21,24,25)/b11-6-/t14-/m1/s1. The fourth-order valence-electron chi connectivity index (χ4n) is 2.35. The fraction of sp³-hybridized carbons (Fsp3) is 0.211. The summed E-state index contributed by atoms with van der Waals surface area (Å²) >= 11 is 6.09. The summed E-state index contributed by atoms with van der Waals surface area (Å²) in [5.41, 5.74) is 2.62. The summed E-state index contributed by atoms with van der Waals surface area (Å²) in [6.45, 7) is 3.78. The van der Waals surface area contributed by atoms with Gasteiger partial charge in [0, 0.05) is 18.1 Å². The number of hydrogen-bond donors (Lipinski definition) is 1. The molecule has 0 radical (unpaired) electrons. The number of halogens is 1. The van der Waals surface area contributed by atoms with E-state index < -0.39 is 10.0 Å². The van der Waals surface area contributed by atoms with Crippen LogP contribution in [0.1, 0.15) is 29.7 Å². The molecule has 2 aromatic rings. The maximum absolute atomic E-state index is 12.4. The van der Waals surface area contributed by atoms with Gasteiger partial charge < -0.3 is 4.90 Å². The summed E-state index contributed by atoms with van der Waals surface area (Å²) in [5, 5.41) is 5.74. The minimum Gasteiger partial charge on any atom is -0.335 e. The van der Waals surface area contributed by atoms with Gasteiger partial charge in [0.15, 0.2) is 0 Å². The van der Waals surface area contributed by atoms with Gasteiger partial charge in [-0.15, -0.1) is 0 Å². The molecule has 0 aliphatic carbocycles. The second-order valence-corrected chi connectivity index (χ2v) is 8.05. The first kappa shape index (κ1) is 20.2. The number of nitrogens with two attached hydrogens (primary N) is 1. The first-order valence-corrected chi connectivity index (χ1v) is 9.86. The third-order valence-corrected chi connectivity index (χ3v) is 5.57. The Balaban J connectivity index is 2.11. The van der Waals surface area contributed by atoms with Gasteiger partial charge in [0.25, 0.3) is 0 Å². The average molecular weight is 393 g/mol. The molecule has 2 aromatic carbocycles. The van der Waals surface area contributed by atoms with Gasteiger partial charge >= 0.3 is 0 Å². The molecule has 0 bridgehead atoms. The number of hydrogen-bond acceptors (Lipinski definition) is 3. The van der Waals surface area contributed by atoms with Crippen molar-refractivity contribution in [3.63, 3.8) is 0 Å². The largest absolute Gasteiger partial charge is 0.335 e. The van der Waals surface area contributed by atoms with Crippen LogP contribution in [0.5, 0.6) is 0 Å². The van der Waals surface area contributed by atoms with E-state index in [-0.39, 0.29) is 16.8 Å². The molecule has 0 unspecified atom stereocenters. The van der Waals surface area contributed by atoms with Crippen LogP contribution in [0.15, 0.2) is 53.4 Å². The van der Waals surface area contributed by atoms with Crippen molar-refractivity contribution in [2.45, 2.75) is 24.8 Å². The number of nitrogens with zero attached hydrogens (tertiary/aromatic N) is 1. The minimum atomic E-state index is -3.73. The molecule has 0 heterocycles. The Bertz CT molecular complexity index is 938. The second-order valence-electron chi connectivity index (χ2n) is 6.08. The highest BCUT2D eigenvalue weighted by Gasteiger charge is 2.16. The van der Waals surface area contributed by atoms with Crippen LogP contribution in [0.25, 0.3) is 6.08 Å². The van der Waals surface area contributed by atoms with Crippen LogP contribution in [-0.4, -0.2) is 26.3 Å². The molecule has 0 aliphatic rings. The summed E-state index contributed by atoms with van der Waals surface area (Å²) in [6.07, 6.45) is 3.19. The molecule has 1 atom stereocenters. The Labute approximate surface area is 159 Å². The molecular weight excluding hydrogens is 372 g/mol. The Morgan fingerprint density at radius 3 is 2.35 bits per heavy atom. The molecule has 1 amide bonds. The zero-order valence-corrected chi connectivity index (χ0v) is 16.4. The van der Waals surface area contributed by atoms with Gasteiger partial charge in [-0.25, -0.2) is 13.6 Å². The molecule has 0 saturated heterocycles. The number of amides is 1. The van der Waals surface area contributed by atoms with Crippen molar-refractivity contribution < 1.29 is 13.2 Å². The molecule has 26 heavy (non-hydrogen) atoms. The van der Waals surface area contributed by atoms with Crippen LogP contribution < -0.4 is 5.14 Å². The van der Waals surface area contributed by atoms with Crippen LogP contribution in [0.3, 0.4) is 0 Å². The third-order valence-electron chi connectivity index (χ3n) is 4.23. The van der Waals surface area contributed by atoms with Crippen molar-refractivity contribution in [2.75, 3.05) is 7.05 Å². The van der Waals surface area contributed by atoms with Crippen molar-refractivity contribution >= 4 is 33.6 Å². The number of aryl methyl sites for hydroxylation is 1. The van der Waals surface area contributed by atoms with Gasteiger partial charge in [-0.3, -0.25) is 4.79 Å². The maximum Gasteiger partial charge on any atom is 0.246 e. The fourth-order valence-corrected chi connectivity index (χ4v) is 3.05. The smallest absolute Gasteiger partial charge is 0.246 e. The minimum absolute atomic E-state index is 0.0403. The maximum atomic E-state index is 12.4. The summed E-state index contributed by atoms with van der Waals surface area (Å²) in [4.78, 5) is 14.0. The lowest BCUT2D eigenvalue weighted by Crippen LogP contribution is -2.28. The molecule has 7 heteroatoms. The SMILES string of the molecule is Cc1ccc(/C=C\C(=O)N(C)[C@H](C)c2ccc(S(N)(=O)=O)cc2)cc1Cl. The second kappa shape index (κ2) is 8.03. The highest BCUT2D eigenvalue weighted by Crippen LogP contribution is 2.21. The van der Waals surface area contributed by atoms with E-state index in [1.54, 1.807) is 36.2 Å². The molecule has 0 aliphatic heterocycles. The predicted molar refractivity (Wildman–Crippen MR) is 104 cm³/mol. The van der Waals surface area contributed by atoms with Crippen LogP contribution in [-0.2, 0) is 14.8 Å². The van der Waals surface area contributed by atoms with Crippen molar-refractivity contribution in [1.29, 1.82) is 0 Å². The normalized spacial score (nSPS) is 13.0. The zero-order chi connectivity index (χ0) is 19.5. The van der Waals surface area contributed by atoms with Crippen LogP contribution >= 0.6 is 11.6 Å². The Kier molecular flexibility index (Phi) is 6.23. The Hall–Kier alpha value is -2.15. The first-order chi connectivity index (χ1) is 12.1. The van der Waals surface area contributed by atoms with Gasteiger partial charge in [-0.05, 0) is 54.8 Å². The summed E-state index contributed by atoms with van der Waals surface area (Å²) in [5.74, 6) is -0.176. The first-order valence-electron chi connectivity index (χ1n) is 7.93. The molecule has 138 valence electrons. The Morgan fingerprint density at radius 2 is 1.81 bits per heavy atom. The number of benzene rings is 2. The van der Waals surface area contributed by atoms with Crippen LogP contribution in [0.4, 0.5) is 0 Å². The van der Waals surface area contributed by atoms with E-state index >= 15 is 0 Å². The topological polar surface area (TPSA) is 80.5 Å². The number of carbonyl (C=O) groups is 1. The summed E-state index contributed by atoms with van der Waals surface area (Å²) < 4.78 is 22.6. The van der Waals surface area contributed by atoms with E-state index in [0.717, 1.165) is 16.7 Å². The van der Waals surface area contributed by atoms with E-state index in [2.05, 4.69) is 0 Å². The van der Waals surface area contributed by atoms with Crippen molar-refractivity contribution in [2.24, 2.45) is 5.14 Å². The number of rotatable bonds is 5. The molecule has 2 rings (SSSR count). The summed E-state index contributed by atoms with van der Waals surface area (Å²) in [6, 6.07) is 11.5. The van der Waals surface area contributed by atoms with Gasteiger partial charge in [0.1, 0.15) is 0 Å². The van der Waals surface area contributed by atoms with Crippen molar-refractivity contribution in [1.82, 2.24) is 4.90 Å². The molecule has 0 fully saturated rings. The molecule has 0 aromatic heterocycles. The van der Waals surface area contributed by atoms with E-state index in [4.69, 9.17) is 16.7 Å². The van der Waals surface area contributed by atoms with Gasteiger partial charge in [0.05, 0.1) is 10.9 Å². The lowest BCUT2D eigenvalue weighted by Gasteiger charge is -2.24. The van der Waals surface area contributed by atoms with Gasteiger partial charge in [-0.1, -0.05) is 35.9 Å². The molecule has 5 nitrogen and oxygen atoms in total. The summed E-state index contributed by atoms with van der Waals surface area (Å²) in [7, 11) is -2.04. The van der Waals surface area contributed by atoms with E-state index in [1.807, 2.05) is 26.0 Å². The van der Waals surface area contributed by atoms with E-state index in [9.17, 15) is 13.2 Å². The zero-order valence-electron chi connectivity index (χ0n) is 14.8. The van der Waals surface area contributed by atoms with Crippen molar-refractivity contribution in [3.8, 4) is 0 Å². The van der Waals surface area contributed by atoms with Crippen LogP contribution in [0.2, 0.25) is 5.02 Å². The third kappa shape index (κ3) is 4.94. The van der Waals surface area contributed by atoms with Crippen LogP contribution in [0, 0.1) is 6.92 Å². The monoisotopic (exact) mass is 392 g/mol. The highest BCUT2D eigenvalue weighted by molar-refractivity contribution is 7.89. The number of carbonyl (C=O) groups excluding carboxylic acids is 1. The van der Waals surface area contributed by atoms with E-state index in [0.29, 0.717) is 5.02 Å².